The molecule has 1 aromatic heterocycles. The predicted octanol–water partition coefficient (Wildman–Crippen LogP) is 5.76. The quantitative estimate of drug-likeness (QED) is 0.384. The van der Waals surface area contributed by atoms with Crippen LogP contribution in [0, 0.1) is 6.92 Å². The zero-order chi connectivity index (χ0) is 26.8. The van der Waals surface area contributed by atoms with Crippen molar-refractivity contribution in [2.45, 2.75) is 52.1 Å². The standard InChI is InChI=1S/C25H28N4O3.C5H8/c1-16-22(24(26)30)23(28-29(16)19-7-3-4-8-19)18-13-11-17(12-14-18)15-27-25(31)20-9-5-6-10-21(20)32-2;1-3-5-4-2/h5-6,9-14,19H,3-4,7-8,15H2,1-2H3,(H2,26,30)(H,27,31);3-5H,1H2,2H3/b;5-4-. The van der Waals surface area contributed by atoms with Crippen LogP contribution >= 0.6 is 0 Å². The van der Waals surface area contributed by atoms with Crippen molar-refractivity contribution in [3.63, 3.8) is 0 Å². The zero-order valence-corrected chi connectivity index (χ0v) is 21.9. The topological polar surface area (TPSA) is 99.2 Å². The van der Waals surface area contributed by atoms with Crippen LogP contribution in [0.3, 0.4) is 0 Å². The molecule has 0 bridgehead atoms. The largest absolute Gasteiger partial charge is 0.496 e. The highest BCUT2D eigenvalue weighted by atomic mass is 16.5. The smallest absolute Gasteiger partial charge is 0.255 e. The Morgan fingerprint density at radius 3 is 2.41 bits per heavy atom. The fraction of sp³-hybridized carbons (Fsp3) is 0.300. The van der Waals surface area contributed by atoms with Crippen molar-refractivity contribution < 1.29 is 14.3 Å². The van der Waals surface area contributed by atoms with Crippen molar-refractivity contribution in [1.29, 1.82) is 0 Å². The lowest BCUT2D eigenvalue weighted by Gasteiger charge is -2.12. The number of nitrogens with zero attached hydrogens (tertiary/aromatic N) is 2. The van der Waals surface area contributed by atoms with Gasteiger partial charge in [0.15, 0.2) is 0 Å². The molecule has 7 heteroatoms. The van der Waals surface area contributed by atoms with Crippen molar-refractivity contribution in [2.24, 2.45) is 5.73 Å². The summed E-state index contributed by atoms with van der Waals surface area (Å²) in [5, 5.41) is 7.69. The fourth-order valence-corrected chi connectivity index (χ4v) is 4.55. The molecule has 0 radical (unpaired) electrons. The molecule has 0 aliphatic heterocycles. The number of rotatable bonds is 8. The highest BCUT2D eigenvalue weighted by Crippen LogP contribution is 2.34. The number of hydrogen-bond donors (Lipinski definition) is 2. The molecule has 1 aliphatic rings. The molecular weight excluding hydrogens is 464 g/mol. The SMILES string of the molecule is C=C/C=C\C.COc1ccccc1C(=O)NCc1ccc(-c2nn(C3CCCC3)c(C)c2C(N)=O)cc1. The lowest BCUT2D eigenvalue weighted by molar-refractivity contribution is 0.0946. The molecule has 1 fully saturated rings. The van der Waals surface area contributed by atoms with E-state index in [4.69, 9.17) is 15.6 Å². The number of hydrogen-bond acceptors (Lipinski definition) is 4. The van der Waals surface area contributed by atoms with Crippen molar-refractivity contribution >= 4 is 11.8 Å². The molecule has 0 spiro atoms. The van der Waals surface area contributed by atoms with Gasteiger partial charge in [-0.25, -0.2) is 0 Å². The van der Waals surface area contributed by atoms with E-state index in [1.807, 2.05) is 61.0 Å². The summed E-state index contributed by atoms with van der Waals surface area (Å²) in [6.45, 7) is 7.71. The molecule has 3 aromatic rings. The third-order valence-corrected chi connectivity index (χ3v) is 6.43. The number of amides is 2. The van der Waals surface area contributed by atoms with Crippen LogP contribution < -0.4 is 15.8 Å². The van der Waals surface area contributed by atoms with Crippen LogP contribution in [0.1, 0.15) is 70.6 Å². The van der Waals surface area contributed by atoms with Crippen molar-refractivity contribution in [3.05, 3.63) is 95.7 Å². The molecule has 0 unspecified atom stereocenters. The number of methoxy groups -OCH3 is 1. The highest BCUT2D eigenvalue weighted by molar-refractivity contribution is 6.00. The monoisotopic (exact) mass is 500 g/mol. The Balaban J connectivity index is 0.000000695. The van der Waals surface area contributed by atoms with Gasteiger partial charge >= 0.3 is 0 Å². The van der Waals surface area contributed by atoms with E-state index in [1.165, 1.54) is 12.8 Å². The summed E-state index contributed by atoms with van der Waals surface area (Å²) in [6, 6.07) is 15.1. The van der Waals surface area contributed by atoms with Crippen LogP contribution in [0.5, 0.6) is 5.75 Å². The first-order valence-electron chi connectivity index (χ1n) is 12.5. The van der Waals surface area contributed by atoms with Crippen molar-refractivity contribution in [3.8, 4) is 17.0 Å². The van der Waals surface area contributed by atoms with Crippen molar-refractivity contribution in [1.82, 2.24) is 15.1 Å². The number of nitrogens with one attached hydrogen (secondary N) is 1. The second kappa shape index (κ2) is 13.3. The molecule has 37 heavy (non-hydrogen) atoms. The van der Waals surface area contributed by atoms with Gasteiger partial charge in [-0.15, -0.1) is 0 Å². The predicted molar refractivity (Wildman–Crippen MR) is 148 cm³/mol. The second-order valence-corrected chi connectivity index (χ2v) is 8.90. The van der Waals surface area contributed by atoms with Gasteiger partial charge in [0, 0.05) is 17.8 Å². The van der Waals surface area contributed by atoms with E-state index in [-0.39, 0.29) is 5.91 Å². The average Bonchev–Trinajstić information content (AvgIpc) is 3.56. The van der Waals surface area contributed by atoms with E-state index in [0.29, 0.717) is 35.2 Å². The first-order chi connectivity index (χ1) is 17.9. The van der Waals surface area contributed by atoms with Gasteiger partial charge in [0.05, 0.1) is 24.3 Å². The van der Waals surface area contributed by atoms with Gasteiger partial charge in [0.2, 0.25) is 0 Å². The van der Waals surface area contributed by atoms with Gasteiger partial charge in [-0.1, -0.05) is 74.0 Å². The summed E-state index contributed by atoms with van der Waals surface area (Å²) in [7, 11) is 1.54. The lowest BCUT2D eigenvalue weighted by Crippen LogP contribution is -2.23. The van der Waals surface area contributed by atoms with Gasteiger partial charge in [-0.05, 0) is 44.4 Å². The number of carbonyl (C=O) groups excluding carboxylic acids is 2. The third-order valence-electron chi connectivity index (χ3n) is 6.43. The maximum Gasteiger partial charge on any atom is 0.255 e. The lowest BCUT2D eigenvalue weighted by atomic mass is 10.0. The molecular formula is C30H36N4O3. The number of carbonyl (C=O) groups is 2. The van der Waals surface area contributed by atoms with E-state index in [9.17, 15) is 9.59 Å². The molecule has 7 nitrogen and oxygen atoms in total. The Morgan fingerprint density at radius 1 is 1.16 bits per heavy atom. The van der Waals surface area contributed by atoms with Gasteiger partial charge in [-0.2, -0.15) is 5.10 Å². The first kappa shape index (κ1) is 27.5. The summed E-state index contributed by atoms with van der Waals surface area (Å²) < 4.78 is 7.23. The van der Waals surface area contributed by atoms with Gasteiger partial charge in [0.1, 0.15) is 11.4 Å². The fourth-order valence-electron chi connectivity index (χ4n) is 4.55. The Labute approximate surface area is 219 Å². The zero-order valence-electron chi connectivity index (χ0n) is 21.9. The molecule has 2 amide bonds. The molecule has 0 atom stereocenters. The number of primary amides is 1. The van der Waals surface area contributed by atoms with E-state index in [0.717, 1.165) is 29.7 Å². The minimum absolute atomic E-state index is 0.200. The van der Waals surface area contributed by atoms with E-state index in [2.05, 4.69) is 11.9 Å². The number of benzene rings is 2. The Morgan fingerprint density at radius 2 is 1.84 bits per heavy atom. The molecule has 4 rings (SSSR count). The summed E-state index contributed by atoms with van der Waals surface area (Å²) in [5.74, 6) is -0.129. The second-order valence-electron chi connectivity index (χ2n) is 8.90. The van der Waals surface area contributed by atoms with E-state index >= 15 is 0 Å². The highest BCUT2D eigenvalue weighted by Gasteiger charge is 2.26. The molecule has 1 aliphatic carbocycles. The number of aromatic nitrogens is 2. The maximum atomic E-state index is 12.5. The van der Waals surface area contributed by atoms with Crippen LogP contribution in [-0.2, 0) is 6.54 Å². The summed E-state index contributed by atoms with van der Waals surface area (Å²) >= 11 is 0. The first-order valence-corrected chi connectivity index (χ1v) is 12.5. The van der Waals surface area contributed by atoms with Crippen LogP contribution in [0.25, 0.3) is 11.3 Å². The number of allylic oxidation sites excluding steroid dienone is 3. The summed E-state index contributed by atoms with van der Waals surface area (Å²) in [5.41, 5.74) is 9.89. The molecule has 0 saturated heterocycles. The number of para-hydroxylation sites is 1. The summed E-state index contributed by atoms with van der Waals surface area (Å²) in [4.78, 5) is 24.7. The number of ether oxygens (including phenoxy) is 1. The van der Waals surface area contributed by atoms with Crippen molar-refractivity contribution in [2.75, 3.05) is 7.11 Å². The van der Waals surface area contributed by atoms with Gasteiger partial charge in [0.25, 0.3) is 11.8 Å². The van der Waals surface area contributed by atoms with Crippen LogP contribution in [0.15, 0.2) is 73.3 Å². The van der Waals surface area contributed by atoms with Crippen LogP contribution in [-0.4, -0.2) is 28.7 Å². The average molecular weight is 501 g/mol. The molecule has 1 heterocycles. The Bertz CT molecular complexity index is 1250. The van der Waals surface area contributed by atoms with E-state index in [1.54, 1.807) is 31.4 Å². The molecule has 194 valence electrons. The van der Waals surface area contributed by atoms with Gasteiger partial charge < -0.3 is 15.8 Å². The van der Waals surface area contributed by atoms with E-state index < -0.39 is 5.91 Å². The maximum absolute atomic E-state index is 12.5. The molecule has 1 saturated carbocycles. The molecule has 3 N–H and O–H groups in total. The summed E-state index contributed by atoms with van der Waals surface area (Å²) in [6.07, 6.45) is 10.1. The minimum atomic E-state index is -0.463. The Hall–Kier alpha value is -4.13. The third kappa shape index (κ3) is 6.76. The van der Waals surface area contributed by atoms with Crippen LogP contribution in [0.2, 0.25) is 0 Å². The molecule has 2 aromatic carbocycles. The normalized spacial score (nSPS) is 13.2. The number of nitrogens with two attached hydrogens (primary N) is 1. The minimum Gasteiger partial charge on any atom is -0.496 e. The van der Waals surface area contributed by atoms with Crippen LogP contribution in [0.4, 0.5) is 0 Å². The Kier molecular flexibility index (Phi) is 9.84. The van der Waals surface area contributed by atoms with Gasteiger partial charge in [-0.3, -0.25) is 14.3 Å².